The lowest BCUT2D eigenvalue weighted by atomic mass is 9.78. The van der Waals surface area contributed by atoms with Crippen LogP contribution in [0.3, 0.4) is 0 Å². The molecule has 134 valence electrons. The Labute approximate surface area is 142 Å². The van der Waals surface area contributed by atoms with Crippen LogP contribution >= 0.6 is 0 Å². The summed E-state index contributed by atoms with van der Waals surface area (Å²) >= 11 is 0. The number of amides is 2. The maximum Gasteiger partial charge on any atom is 0.315 e. The van der Waals surface area contributed by atoms with Gasteiger partial charge in [-0.1, -0.05) is 34.6 Å². The summed E-state index contributed by atoms with van der Waals surface area (Å²) in [4.78, 5) is 12.3. The molecule has 2 fully saturated rings. The molecule has 1 aliphatic heterocycles. The molecule has 0 spiro atoms. The van der Waals surface area contributed by atoms with E-state index in [4.69, 9.17) is 4.74 Å². The van der Waals surface area contributed by atoms with Crippen molar-refractivity contribution in [3.05, 3.63) is 0 Å². The van der Waals surface area contributed by atoms with E-state index >= 15 is 0 Å². The van der Waals surface area contributed by atoms with E-state index in [-0.39, 0.29) is 17.6 Å². The Morgan fingerprint density at radius 3 is 2.57 bits per heavy atom. The van der Waals surface area contributed by atoms with Crippen LogP contribution in [-0.2, 0) is 4.74 Å². The van der Waals surface area contributed by atoms with E-state index in [2.05, 4.69) is 45.3 Å². The van der Waals surface area contributed by atoms with E-state index in [0.717, 1.165) is 31.8 Å². The first-order chi connectivity index (χ1) is 10.8. The highest BCUT2D eigenvalue weighted by atomic mass is 16.5. The quantitative estimate of drug-likeness (QED) is 0.826. The Hall–Kier alpha value is -0.770. The van der Waals surface area contributed by atoms with E-state index in [0.29, 0.717) is 24.4 Å². The van der Waals surface area contributed by atoms with Crippen molar-refractivity contribution >= 4 is 6.03 Å². The summed E-state index contributed by atoms with van der Waals surface area (Å²) in [7, 11) is 0. The highest BCUT2D eigenvalue weighted by Crippen LogP contribution is 2.33. The number of hydrogen-bond donors (Lipinski definition) is 2. The zero-order valence-electron chi connectivity index (χ0n) is 15.7. The van der Waals surface area contributed by atoms with Crippen molar-refractivity contribution in [2.75, 3.05) is 13.2 Å². The first kappa shape index (κ1) is 18.6. The summed E-state index contributed by atoms with van der Waals surface area (Å²) in [5.74, 6) is 1.78. The predicted molar refractivity (Wildman–Crippen MR) is 94.4 cm³/mol. The van der Waals surface area contributed by atoms with E-state index in [9.17, 15) is 4.79 Å². The van der Waals surface area contributed by atoms with Crippen LogP contribution in [0.1, 0.15) is 66.7 Å². The minimum Gasteiger partial charge on any atom is -0.377 e. The molecule has 0 aromatic carbocycles. The van der Waals surface area contributed by atoms with Gasteiger partial charge in [0.25, 0.3) is 0 Å². The van der Waals surface area contributed by atoms with Gasteiger partial charge in [0.15, 0.2) is 0 Å². The first-order valence-corrected chi connectivity index (χ1v) is 9.43. The number of hydrogen-bond acceptors (Lipinski definition) is 2. The smallest absolute Gasteiger partial charge is 0.315 e. The van der Waals surface area contributed by atoms with Gasteiger partial charge in [0.1, 0.15) is 0 Å². The second-order valence-electron chi connectivity index (χ2n) is 8.92. The van der Waals surface area contributed by atoms with Crippen LogP contribution in [0.25, 0.3) is 0 Å². The zero-order chi connectivity index (χ0) is 17.0. The Balaban J connectivity index is 1.79. The molecule has 5 atom stereocenters. The molecule has 1 saturated carbocycles. The van der Waals surface area contributed by atoms with Crippen molar-refractivity contribution in [1.82, 2.24) is 10.6 Å². The fourth-order valence-corrected chi connectivity index (χ4v) is 4.33. The number of carbonyl (C=O) groups excluding carboxylic acids is 1. The van der Waals surface area contributed by atoms with Crippen LogP contribution in [0.15, 0.2) is 0 Å². The number of rotatable bonds is 3. The van der Waals surface area contributed by atoms with Gasteiger partial charge in [-0.3, -0.25) is 0 Å². The lowest BCUT2D eigenvalue weighted by Crippen LogP contribution is -2.50. The molecule has 0 aromatic heterocycles. The van der Waals surface area contributed by atoms with E-state index in [1.54, 1.807) is 0 Å². The van der Waals surface area contributed by atoms with Gasteiger partial charge in [-0.25, -0.2) is 4.79 Å². The predicted octanol–water partition coefficient (Wildman–Crippen LogP) is 3.95. The van der Waals surface area contributed by atoms with Gasteiger partial charge >= 0.3 is 6.03 Å². The zero-order valence-corrected chi connectivity index (χ0v) is 15.7. The van der Waals surface area contributed by atoms with Crippen LogP contribution in [0.2, 0.25) is 0 Å². The molecular weight excluding hydrogens is 288 g/mol. The molecule has 0 unspecified atom stereocenters. The van der Waals surface area contributed by atoms with Crippen LogP contribution in [0, 0.1) is 23.2 Å². The third-order valence-electron chi connectivity index (χ3n) is 5.57. The molecule has 1 saturated heterocycles. The van der Waals surface area contributed by atoms with Gasteiger partial charge in [0.05, 0.1) is 6.10 Å². The van der Waals surface area contributed by atoms with E-state index < -0.39 is 0 Å². The van der Waals surface area contributed by atoms with Gasteiger partial charge in [-0.05, 0) is 49.4 Å². The molecule has 4 heteroatoms. The lowest BCUT2D eigenvalue weighted by molar-refractivity contribution is -0.0838. The molecule has 2 rings (SSSR count). The average molecular weight is 325 g/mol. The average Bonchev–Trinajstić information content (AvgIpc) is 2.47. The van der Waals surface area contributed by atoms with Crippen LogP contribution in [0.5, 0.6) is 0 Å². The summed E-state index contributed by atoms with van der Waals surface area (Å²) in [6, 6.07) is 0.321. The number of nitrogens with one attached hydrogen (secondary N) is 2. The van der Waals surface area contributed by atoms with Crippen molar-refractivity contribution in [3.8, 4) is 0 Å². The van der Waals surface area contributed by atoms with Crippen molar-refractivity contribution < 1.29 is 9.53 Å². The third kappa shape index (κ3) is 5.37. The molecule has 1 aliphatic carbocycles. The Morgan fingerprint density at radius 2 is 1.91 bits per heavy atom. The Bertz CT molecular complexity index is 391. The highest BCUT2D eigenvalue weighted by Gasteiger charge is 2.35. The summed E-state index contributed by atoms with van der Waals surface area (Å²) in [6.45, 7) is 12.8. The maximum atomic E-state index is 12.3. The van der Waals surface area contributed by atoms with Gasteiger partial charge in [0, 0.05) is 25.1 Å². The topological polar surface area (TPSA) is 50.4 Å². The van der Waals surface area contributed by atoms with Gasteiger partial charge in [0.2, 0.25) is 0 Å². The molecule has 1 heterocycles. The minimum absolute atomic E-state index is 0.00497. The molecule has 0 radical (unpaired) electrons. The first-order valence-electron chi connectivity index (χ1n) is 9.43. The third-order valence-corrected chi connectivity index (χ3v) is 5.57. The Kier molecular flexibility index (Phi) is 6.35. The SMILES string of the molecule is C[C@@H]1CC[C@H](NC(=O)NC[C@@H]2CCCO[C@H]2C(C)(C)C)[C@@H](C)C1. The second kappa shape index (κ2) is 7.87. The monoisotopic (exact) mass is 324 g/mol. The number of carbonyl (C=O) groups is 1. The maximum absolute atomic E-state index is 12.3. The van der Waals surface area contributed by atoms with Gasteiger partial charge in [-0.15, -0.1) is 0 Å². The summed E-state index contributed by atoms with van der Waals surface area (Å²) < 4.78 is 5.99. The van der Waals surface area contributed by atoms with Gasteiger partial charge < -0.3 is 15.4 Å². The van der Waals surface area contributed by atoms with E-state index in [1.165, 1.54) is 12.8 Å². The lowest BCUT2D eigenvalue weighted by Gasteiger charge is -2.40. The molecule has 23 heavy (non-hydrogen) atoms. The molecule has 0 bridgehead atoms. The van der Waals surface area contributed by atoms with Crippen molar-refractivity contribution in [2.24, 2.45) is 23.2 Å². The van der Waals surface area contributed by atoms with Crippen LogP contribution in [-0.4, -0.2) is 31.3 Å². The summed E-state index contributed by atoms with van der Waals surface area (Å²) in [5.41, 5.74) is 0.122. The van der Waals surface area contributed by atoms with Crippen LogP contribution in [0.4, 0.5) is 4.79 Å². The molecule has 2 amide bonds. The molecule has 0 aromatic rings. The summed E-state index contributed by atoms with van der Waals surface area (Å²) in [6.07, 6.45) is 6.00. The highest BCUT2D eigenvalue weighted by molar-refractivity contribution is 5.74. The normalized spacial score (nSPS) is 35.6. The molecule has 2 aliphatic rings. The van der Waals surface area contributed by atoms with Crippen LogP contribution < -0.4 is 10.6 Å². The molecule has 2 N–H and O–H groups in total. The standard InChI is InChI=1S/C19H36N2O2/c1-13-8-9-16(14(2)11-13)21-18(22)20-12-15-7-6-10-23-17(15)19(3,4)5/h13-17H,6-12H2,1-5H3,(H2,20,21,22)/t13-,14+,15+,16+,17-/m1/s1. The molecular formula is C19H36N2O2. The largest absolute Gasteiger partial charge is 0.377 e. The number of ether oxygens (including phenoxy) is 1. The minimum atomic E-state index is -0.00497. The van der Waals surface area contributed by atoms with Crippen molar-refractivity contribution in [3.63, 3.8) is 0 Å². The molecule has 4 nitrogen and oxygen atoms in total. The van der Waals surface area contributed by atoms with E-state index in [1.807, 2.05) is 0 Å². The number of urea groups is 1. The summed E-state index contributed by atoms with van der Waals surface area (Å²) in [5, 5.41) is 6.29. The van der Waals surface area contributed by atoms with Crippen molar-refractivity contribution in [1.29, 1.82) is 0 Å². The fourth-order valence-electron chi connectivity index (χ4n) is 4.33. The fraction of sp³-hybridized carbons (Fsp3) is 0.947. The van der Waals surface area contributed by atoms with Crippen molar-refractivity contribution in [2.45, 2.75) is 78.9 Å². The second-order valence-corrected chi connectivity index (χ2v) is 8.92. The Morgan fingerprint density at radius 1 is 1.17 bits per heavy atom. The van der Waals surface area contributed by atoms with Gasteiger partial charge in [-0.2, -0.15) is 0 Å².